The monoisotopic (exact) mass is 518 g/mol. The molecule has 1 heterocycles. The van der Waals surface area contributed by atoms with Crippen LogP contribution in [0.5, 0.6) is 0 Å². The fraction of sp³-hybridized carbons (Fsp3) is 1.00. The van der Waals surface area contributed by atoms with Crippen molar-refractivity contribution in [1.29, 1.82) is 0 Å². The van der Waals surface area contributed by atoms with Gasteiger partial charge in [0.1, 0.15) is 0 Å². The zero-order valence-electron chi connectivity index (χ0n) is 19.9. The van der Waals surface area contributed by atoms with E-state index in [1.165, 1.54) is 0 Å². The standard InChI is InChI=1S/C18H38N4O7S3/c1-17(2)11-15(12-18(3,4)22(17)29-5)21-32(27,28)16-9-13(19-30(6,23)24)8-14(10-16)20-31(7,25)26/h13-16,19-21H,8-12H2,1-7H3. The number of piperidine rings is 1. The highest BCUT2D eigenvalue weighted by atomic mass is 32.2. The maximum atomic E-state index is 13.3. The van der Waals surface area contributed by atoms with Crippen molar-refractivity contribution < 1.29 is 30.1 Å². The van der Waals surface area contributed by atoms with E-state index < -0.39 is 58.5 Å². The van der Waals surface area contributed by atoms with Crippen molar-refractivity contribution in [2.75, 3.05) is 19.6 Å². The van der Waals surface area contributed by atoms with E-state index in [-0.39, 0.29) is 25.3 Å². The molecule has 14 heteroatoms. The largest absolute Gasteiger partial charge is 0.301 e. The Labute approximate surface area is 193 Å². The second-order valence-electron chi connectivity index (χ2n) is 10.4. The summed E-state index contributed by atoms with van der Waals surface area (Å²) in [7, 11) is -9.44. The smallest absolute Gasteiger partial charge is 0.214 e. The Balaban J connectivity index is 2.24. The molecule has 32 heavy (non-hydrogen) atoms. The Kier molecular flexibility index (Phi) is 8.16. The summed E-state index contributed by atoms with van der Waals surface area (Å²) in [6.07, 6.45) is 3.34. The molecule has 1 saturated heterocycles. The lowest BCUT2D eigenvalue weighted by molar-refractivity contribution is -0.266. The van der Waals surface area contributed by atoms with E-state index in [0.717, 1.165) is 12.5 Å². The molecule has 1 saturated carbocycles. The van der Waals surface area contributed by atoms with Crippen LogP contribution >= 0.6 is 0 Å². The summed E-state index contributed by atoms with van der Waals surface area (Å²) in [4.78, 5) is 5.56. The van der Waals surface area contributed by atoms with Crippen LogP contribution in [-0.2, 0) is 34.9 Å². The average Bonchev–Trinajstić information content (AvgIpc) is 2.48. The Bertz CT molecular complexity index is 934. The minimum absolute atomic E-state index is 0.0635. The lowest BCUT2D eigenvalue weighted by Crippen LogP contribution is -2.64. The molecule has 3 N–H and O–H groups in total. The van der Waals surface area contributed by atoms with Crippen LogP contribution in [0.3, 0.4) is 0 Å². The highest BCUT2D eigenvalue weighted by molar-refractivity contribution is 7.90. The SMILES string of the molecule is CON1C(C)(C)CC(NS(=O)(=O)C2CC(NS(C)(=O)=O)CC(NS(C)(=O)=O)C2)CC1(C)C. The molecule has 2 unspecified atom stereocenters. The van der Waals surface area contributed by atoms with Crippen LogP contribution in [0.4, 0.5) is 0 Å². The van der Waals surface area contributed by atoms with Gasteiger partial charge in [0, 0.05) is 29.2 Å². The minimum Gasteiger partial charge on any atom is -0.301 e. The third kappa shape index (κ3) is 7.58. The fourth-order valence-electron chi connectivity index (χ4n) is 5.49. The zero-order valence-corrected chi connectivity index (χ0v) is 22.3. The van der Waals surface area contributed by atoms with Crippen LogP contribution in [0.25, 0.3) is 0 Å². The van der Waals surface area contributed by atoms with Gasteiger partial charge in [-0.2, -0.15) is 5.06 Å². The molecule has 2 fully saturated rings. The highest BCUT2D eigenvalue weighted by Crippen LogP contribution is 2.39. The molecule has 0 spiro atoms. The number of hydrogen-bond acceptors (Lipinski definition) is 8. The first-order chi connectivity index (χ1) is 14.2. The lowest BCUT2D eigenvalue weighted by Gasteiger charge is -2.53. The maximum Gasteiger partial charge on any atom is 0.214 e. The van der Waals surface area contributed by atoms with Gasteiger partial charge in [-0.05, 0) is 59.8 Å². The van der Waals surface area contributed by atoms with E-state index in [4.69, 9.17) is 4.84 Å². The van der Waals surface area contributed by atoms with Crippen molar-refractivity contribution in [2.45, 2.75) is 94.3 Å². The Morgan fingerprint density at radius 1 is 0.719 bits per heavy atom. The first-order valence-electron chi connectivity index (χ1n) is 10.5. The lowest BCUT2D eigenvalue weighted by atomic mass is 9.79. The summed E-state index contributed by atoms with van der Waals surface area (Å²) in [5.41, 5.74) is -0.839. The Hall–Kier alpha value is -0.350. The van der Waals surface area contributed by atoms with Crippen LogP contribution in [0.2, 0.25) is 0 Å². The summed E-state index contributed by atoms with van der Waals surface area (Å²) in [5, 5.41) is 0.935. The van der Waals surface area contributed by atoms with E-state index in [2.05, 4.69) is 14.2 Å². The molecule has 0 aromatic heterocycles. The summed E-state index contributed by atoms with van der Waals surface area (Å²) in [6.45, 7) is 7.93. The predicted molar refractivity (Wildman–Crippen MR) is 123 cm³/mol. The van der Waals surface area contributed by atoms with E-state index in [1.807, 2.05) is 32.8 Å². The summed E-state index contributed by atoms with van der Waals surface area (Å²) < 4.78 is 81.3. The van der Waals surface area contributed by atoms with Gasteiger partial charge in [-0.1, -0.05) is 0 Å². The summed E-state index contributed by atoms with van der Waals surface area (Å²) in [5.74, 6) is 0. The maximum absolute atomic E-state index is 13.3. The van der Waals surface area contributed by atoms with Gasteiger partial charge < -0.3 is 4.84 Å². The van der Waals surface area contributed by atoms with Crippen LogP contribution in [0.15, 0.2) is 0 Å². The third-order valence-electron chi connectivity index (χ3n) is 5.97. The molecular formula is C18H38N4O7S3. The molecule has 0 amide bonds. The molecule has 11 nitrogen and oxygen atoms in total. The van der Waals surface area contributed by atoms with E-state index in [9.17, 15) is 25.3 Å². The molecule has 2 aliphatic rings. The van der Waals surface area contributed by atoms with Crippen molar-refractivity contribution in [1.82, 2.24) is 19.2 Å². The summed E-state index contributed by atoms with van der Waals surface area (Å²) in [6, 6.07) is -1.73. The van der Waals surface area contributed by atoms with Crippen molar-refractivity contribution in [3.63, 3.8) is 0 Å². The van der Waals surface area contributed by atoms with Crippen LogP contribution < -0.4 is 14.2 Å². The molecule has 1 aliphatic carbocycles. The molecule has 2 atom stereocenters. The van der Waals surface area contributed by atoms with Crippen molar-refractivity contribution in [2.24, 2.45) is 0 Å². The number of hydrogen-bond donors (Lipinski definition) is 3. The average molecular weight is 519 g/mol. The van der Waals surface area contributed by atoms with Gasteiger partial charge in [-0.25, -0.2) is 39.4 Å². The molecule has 2 rings (SSSR count). The third-order valence-corrected chi connectivity index (χ3v) is 9.42. The number of rotatable bonds is 8. The number of nitrogens with zero attached hydrogens (tertiary/aromatic N) is 1. The van der Waals surface area contributed by atoms with Crippen molar-refractivity contribution >= 4 is 30.1 Å². The molecule has 1 aliphatic heterocycles. The molecule has 0 radical (unpaired) electrons. The topological polar surface area (TPSA) is 151 Å². The van der Waals surface area contributed by atoms with Gasteiger partial charge >= 0.3 is 0 Å². The first kappa shape index (κ1) is 27.9. The number of nitrogens with one attached hydrogen (secondary N) is 3. The number of sulfonamides is 3. The van der Waals surface area contributed by atoms with Gasteiger partial charge in [0.2, 0.25) is 30.1 Å². The van der Waals surface area contributed by atoms with Crippen LogP contribution in [0, 0.1) is 0 Å². The van der Waals surface area contributed by atoms with Gasteiger partial charge in [0.05, 0.1) is 24.9 Å². The van der Waals surface area contributed by atoms with E-state index in [0.29, 0.717) is 12.8 Å². The van der Waals surface area contributed by atoms with Crippen molar-refractivity contribution in [3.8, 4) is 0 Å². The van der Waals surface area contributed by atoms with Gasteiger partial charge in [0.15, 0.2) is 0 Å². The molecule has 0 aromatic carbocycles. The molecule has 0 aromatic rings. The first-order valence-corrected chi connectivity index (χ1v) is 15.9. The quantitative estimate of drug-likeness (QED) is 0.402. The zero-order chi connectivity index (χ0) is 24.8. The molecule has 190 valence electrons. The van der Waals surface area contributed by atoms with Gasteiger partial charge in [0.25, 0.3) is 0 Å². The second kappa shape index (κ2) is 9.36. The Morgan fingerprint density at radius 3 is 1.47 bits per heavy atom. The Morgan fingerprint density at radius 2 is 1.12 bits per heavy atom. The van der Waals surface area contributed by atoms with Gasteiger partial charge in [-0.3, -0.25) is 0 Å². The van der Waals surface area contributed by atoms with E-state index in [1.54, 1.807) is 7.11 Å². The summed E-state index contributed by atoms with van der Waals surface area (Å²) >= 11 is 0. The van der Waals surface area contributed by atoms with Crippen molar-refractivity contribution in [3.05, 3.63) is 0 Å². The minimum atomic E-state index is -3.86. The second-order valence-corrected chi connectivity index (χ2v) is 15.9. The van der Waals surface area contributed by atoms with E-state index >= 15 is 0 Å². The fourth-order valence-corrected chi connectivity index (χ4v) is 8.88. The van der Waals surface area contributed by atoms with Crippen LogP contribution in [0.1, 0.15) is 59.8 Å². The predicted octanol–water partition coefficient (Wildman–Crippen LogP) is -0.123. The van der Waals surface area contributed by atoms with Crippen LogP contribution in [-0.4, -0.2) is 84.4 Å². The highest BCUT2D eigenvalue weighted by Gasteiger charge is 2.48. The number of hydroxylamine groups is 2. The van der Waals surface area contributed by atoms with Gasteiger partial charge in [-0.15, -0.1) is 0 Å². The normalized spacial score (nSPS) is 30.3. The molecule has 0 bridgehead atoms. The molecular weight excluding hydrogens is 480 g/mol.